The molecule has 0 unspecified atom stereocenters. The predicted molar refractivity (Wildman–Crippen MR) is 67.6 cm³/mol. The largest absolute Gasteiger partial charge is 0.326 e. The lowest BCUT2D eigenvalue weighted by Crippen LogP contribution is -2.44. The van der Waals surface area contributed by atoms with Gasteiger partial charge in [-0.3, -0.25) is 4.79 Å². The van der Waals surface area contributed by atoms with Crippen LogP contribution >= 0.6 is 0 Å². The lowest BCUT2D eigenvalue weighted by molar-refractivity contribution is -0.130. The van der Waals surface area contributed by atoms with Gasteiger partial charge in [0.1, 0.15) is 6.04 Å². The molecule has 1 aliphatic heterocycles. The molecule has 3 rings (SSSR count). The highest BCUT2D eigenvalue weighted by molar-refractivity contribution is 5.79. The van der Waals surface area contributed by atoms with Crippen LogP contribution in [-0.4, -0.2) is 36.0 Å². The molecule has 2 bridgehead atoms. The SMILES string of the molecule is N#C[C@@H]1CCCN1C(=O)CN[C@H]1C[C@@H]2CC[C@H]1C2. The monoisotopic (exact) mass is 247 g/mol. The number of rotatable bonds is 3. The van der Waals surface area contributed by atoms with Crippen molar-refractivity contribution in [2.24, 2.45) is 11.8 Å². The van der Waals surface area contributed by atoms with Gasteiger partial charge in [-0.2, -0.15) is 5.26 Å². The Morgan fingerprint density at radius 1 is 1.33 bits per heavy atom. The number of carbonyl (C=O) groups excluding carboxylic acids is 1. The van der Waals surface area contributed by atoms with Crippen LogP contribution in [0.3, 0.4) is 0 Å². The van der Waals surface area contributed by atoms with Crippen LogP contribution < -0.4 is 5.32 Å². The zero-order valence-corrected chi connectivity index (χ0v) is 10.8. The van der Waals surface area contributed by atoms with E-state index in [4.69, 9.17) is 5.26 Å². The third kappa shape index (κ3) is 2.12. The van der Waals surface area contributed by atoms with E-state index < -0.39 is 0 Å². The quantitative estimate of drug-likeness (QED) is 0.817. The molecule has 4 nitrogen and oxygen atoms in total. The maximum absolute atomic E-state index is 12.1. The number of nitrogens with zero attached hydrogens (tertiary/aromatic N) is 2. The minimum absolute atomic E-state index is 0.113. The summed E-state index contributed by atoms with van der Waals surface area (Å²) < 4.78 is 0. The number of fused-ring (bicyclic) bond motifs is 2. The van der Waals surface area contributed by atoms with Crippen molar-refractivity contribution < 1.29 is 4.79 Å². The van der Waals surface area contributed by atoms with E-state index in [-0.39, 0.29) is 11.9 Å². The molecule has 0 aromatic rings. The van der Waals surface area contributed by atoms with Gasteiger partial charge in [0.25, 0.3) is 0 Å². The van der Waals surface area contributed by atoms with Crippen LogP contribution in [0.2, 0.25) is 0 Å². The van der Waals surface area contributed by atoms with Crippen LogP contribution in [-0.2, 0) is 4.79 Å². The number of amides is 1. The maximum Gasteiger partial charge on any atom is 0.237 e. The highest BCUT2D eigenvalue weighted by Crippen LogP contribution is 2.44. The molecule has 1 heterocycles. The minimum Gasteiger partial charge on any atom is -0.326 e. The minimum atomic E-state index is -0.181. The average Bonchev–Trinajstić information content (AvgIpc) is 3.10. The first kappa shape index (κ1) is 12.0. The fraction of sp³-hybridized carbons (Fsp3) is 0.857. The molecule has 0 spiro atoms. The third-order valence-electron chi connectivity index (χ3n) is 4.98. The van der Waals surface area contributed by atoms with Crippen molar-refractivity contribution in [3.63, 3.8) is 0 Å². The second kappa shape index (κ2) is 4.89. The summed E-state index contributed by atoms with van der Waals surface area (Å²) in [4.78, 5) is 13.8. The Labute approximate surface area is 108 Å². The van der Waals surface area contributed by atoms with Gasteiger partial charge in [-0.15, -0.1) is 0 Å². The Morgan fingerprint density at radius 2 is 2.22 bits per heavy atom. The van der Waals surface area contributed by atoms with E-state index in [1.807, 2.05) is 0 Å². The molecular weight excluding hydrogens is 226 g/mol. The first-order chi connectivity index (χ1) is 8.78. The average molecular weight is 247 g/mol. The summed E-state index contributed by atoms with van der Waals surface area (Å²) in [6.07, 6.45) is 7.14. The molecule has 18 heavy (non-hydrogen) atoms. The van der Waals surface area contributed by atoms with Gasteiger partial charge in [0, 0.05) is 12.6 Å². The van der Waals surface area contributed by atoms with E-state index in [1.54, 1.807) is 4.90 Å². The first-order valence-corrected chi connectivity index (χ1v) is 7.20. The van der Waals surface area contributed by atoms with Crippen LogP contribution in [0.15, 0.2) is 0 Å². The van der Waals surface area contributed by atoms with E-state index >= 15 is 0 Å². The Bertz CT molecular complexity index is 376. The second-order valence-corrected chi connectivity index (χ2v) is 6.04. The fourth-order valence-electron chi connectivity index (χ4n) is 4.01. The zero-order chi connectivity index (χ0) is 12.5. The fourth-order valence-corrected chi connectivity index (χ4v) is 4.01. The van der Waals surface area contributed by atoms with E-state index in [2.05, 4.69) is 11.4 Å². The molecule has 2 aliphatic carbocycles. The van der Waals surface area contributed by atoms with Gasteiger partial charge in [-0.05, 0) is 43.9 Å². The lowest BCUT2D eigenvalue weighted by Gasteiger charge is -2.25. The van der Waals surface area contributed by atoms with Crippen molar-refractivity contribution in [1.29, 1.82) is 5.26 Å². The van der Waals surface area contributed by atoms with Crippen molar-refractivity contribution in [3.8, 4) is 6.07 Å². The topological polar surface area (TPSA) is 56.1 Å². The lowest BCUT2D eigenvalue weighted by atomic mass is 9.95. The molecule has 0 radical (unpaired) electrons. The van der Waals surface area contributed by atoms with E-state index in [0.717, 1.165) is 31.2 Å². The second-order valence-electron chi connectivity index (χ2n) is 6.04. The number of nitrogens with one attached hydrogen (secondary N) is 1. The van der Waals surface area contributed by atoms with Crippen LogP contribution in [0.4, 0.5) is 0 Å². The highest BCUT2D eigenvalue weighted by Gasteiger charge is 2.39. The summed E-state index contributed by atoms with van der Waals surface area (Å²) in [7, 11) is 0. The number of carbonyl (C=O) groups is 1. The molecule has 3 aliphatic rings. The molecule has 4 atom stereocenters. The molecule has 98 valence electrons. The van der Waals surface area contributed by atoms with Crippen molar-refractivity contribution in [2.75, 3.05) is 13.1 Å². The van der Waals surface area contributed by atoms with Crippen molar-refractivity contribution in [1.82, 2.24) is 10.2 Å². The summed E-state index contributed by atoms with van der Waals surface area (Å²) in [5, 5.41) is 12.4. The summed E-state index contributed by atoms with van der Waals surface area (Å²) >= 11 is 0. The van der Waals surface area contributed by atoms with Crippen LogP contribution in [0.25, 0.3) is 0 Å². The maximum atomic E-state index is 12.1. The van der Waals surface area contributed by atoms with Gasteiger partial charge >= 0.3 is 0 Å². The Morgan fingerprint density at radius 3 is 2.89 bits per heavy atom. The van der Waals surface area contributed by atoms with Gasteiger partial charge in [0.15, 0.2) is 0 Å². The van der Waals surface area contributed by atoms with Crippen molar-refractivity contribution in [2.45, 2.75) is 50.6 Å². The van der Waals surface area contributed by atoms with E-state index in [0.29, 0.717) is 12.6 Å². The Balaban J connectivity index is 1.48. The van der Waals surface area contributed by atoms with Gasteiger partial charge in [-0.25, -0.2) is 0 Å². The predicted octanol–water partition coefficient (Wildman–Crippen LogP) is 1.28. The molecular formula is C14H21N3O. The zero-order valence-electron chi connectivity index (χ0n) is 10.8. The van der Waals surface area contributed by atoms with Gasteiger partial charge < -0.3 is 10.2 Å². The summed E-state index contributed by atoms with van der Waals surface area (Å²) in [5.74, 6) is 1.82. The first-order valence-electron chi connectivity index (χ1n) is 7.20. The van der Waals surface area contributed by atoms with Crippen LogP contribution in [0, 0.1) is 23.2 Å². The molecule has 0 aromatic carbocycles. The smallest absolute Gasteiger partial charge is 0.237 e. The van der Waals surface area contributed by atoms with Crippen LogP contribution in [0.5, 0.6) is 0 Å². The molecule has 1 amide bonds. The summed E-state index contributed by atoms with van der Waals surface area (Å²) in [6.45, 7) is 1.18. The van der Waals surface area contributed by atoms with Gasteiger partial charge in [-0.1, -0.05) is 6.42 Å². The number of nitriles is 1. The highest BCUT2D eigenvalue weighted by atomic mass is 16.2. The number of likely N-dealkylation sites (tertiary alicyclic amines) is 1. The van der Waals surface area contributed by atoms with Gasteiger partial charge in [0.2, 0.25) is 5.91 Å². The molecule has 0 aromatic heterocycles. The van der Waals surface area contributed by atoms with E-state index in [1.165, 1.54) is 25.7 Å². The standard InChI is InChI=1S/C14H21N3O/c15-8-12-2-1-5-17(12)14(18)9-16-13-7-10-3-4-11(13)6-10/h10-13,16H,1-7,9H2/t10-,11+,12+,13+/m1/s1. The van der Waals surface area contributed by atoms with Crippen molar-refractivity contribution >= 4 is 5.91 Å². The Hall–Kier alpha value is -1.08. The molecule has 1 saturated heterocycles. The summed E-state index contributed by atoms with van der Waals surface area (Å²) in [6, 6.07) is 2.60. The molecule has 4 heteroatoms. The molecule has 3 fully saturated rings. The molecule has 2 saturated carbocycles. The third-order valence-corrected chi connectivity index (χ3v) is 4.98. The number of hydrogen-bond donors (Lipinski definition) is 1. The Kier molecular flexibility index (Phi) is 3.25. The summed E-state index contributed by atoms with van der Waals surface area (Å²) in [5.41, 5.74) is 0. The molecule has 1 N–H and O–H groups in total. The van der Waals surface area contributed by atoms with Crippen LogP contribution in [0.1, 0.15) is 38.5 Å². The normalized spacial score (nSPS) is 38.1. The van der Waals surface area contributed by atoms with Gasteiger partial charge in [0.05, 0.1) is 12.6 Å². The van der Waals surface area contributed by atoms with Crippen molar-refractivity contribution in [3.05, 3.63) is 0 Å². The van der Waals surface area contributed by atoms with E-state index in [9.17, 15) is 4.79 Å². The number of hydrogen-bond acceptors (Lipinski definition) is 3.